The molecule has 1 aromatic carbocycles. The molecular weight excluding hydrogens is 386 g/mol. The number of ether oxygens (including phenoxy) is 1. The fourth-order valence-electron chi connectivity index (χ4n) is 4.10. The van der Waals surface area contributed by atoms with Crippen LogP contribution < -0.4 is 25.8 Å². The molecule has 30 heavy (non-hydrogen) atoms. The Morgan fingerprint density at radius 2 is 2.07 bits per heavy atom. The van der Waals surface area contributed by atoms with Gasteiger partial charge >= 0.3 is 0 Å². The first-order chi connectivity index (χ1) is 14.5. The molecule has 2 amide bonds. The summed E-state index contributed by atoms with van der Waals surface area (Å²) in [6, 6.07) is 7.21. The zero-order valence-electron chi connectivity index (χ0n) is 17.0. The Hall–Kier alpha value is -3.36. The quantitative estimate of drug-likeness (QED) is 0.710. The summed E-state index contributed by atoms with van der Waals surface area (Å²) in [5, 5.41) is 5.43. The molecule has 0 spiro atoms. The monoisotopic (exact) mass is 411 g/mol. The van der Waals surface area contributed by atoms with Gasteiger partial charge in [-0.25, -0.2) is 0 Å². The molecule has 3 N–H and O–H groups in total. The van der Waals surface area contributed by atoms with Gasteiger partial charge in [0.1, 0.15) is 11.6 Å². The standard InChI is InChI=1S/C21H25N5O4/c1-12-7-5-6-10-26(12)21-24-18-17(20(29)25-21)13(11-16(27)23-18)19(28)22-14-8-3-4-9-15(14)30-2/h3-4,8-9,12-13H,5-7,10-11H2,1-2H3,(H,22,28)(H2,23,24,25,27,29)/t12-,13-/m0/s1. The number of aromatic nitrogens is 2. The average molecular weight is 411 g/mol. The van der Waals surface area contributed by atoms with Gasteiger partial charge in [0.25, 0.3) is 5.56 Å². The summed E-state index contributed by atoms with van der Waals surface area (Å²) in [5.41, 5.74) is 0.240. The highest BCUT2D eigenvalue weighted by Gasteiger charge is 2.35. The van der Waals surface area contributed by atoms with E-state index in [1.54, 1.807) is 24.3 Å². The Labute approximate surface area is 173 Å². The Balaban J connectivity index is 1.67. The first-order valence-corrected chi connectivity index (χ1v) is 10.1. The molecule has 2 atom stereocenters. The van der Waals surface area contributed by atoms with Gasteiger partial charge in [0.05, 0.1) is 24.3 Å². The van der Waals surface area contributed by atoms with E-state index >= 15 is 0 Å². The molecule has 158 valence electrons. The van der Waals surface area contributed by atoms with E-state index in [1.807, 2.05) is 4.90 Å². The molecule has 2 aliphatic rings. The summed E-state index contributed by atoms with van der Waals surface area (Å²) in [6.07, 6.45) is 3.03. The summed E-state index contributed by atoms with van der Waals surface area (Å²) in [4.78, 5) is 47.6. The van der Waals surface area contributed by atoms with Crippen molar-refractivity contribution in [2.75, 3.05) is 29.2 Å². The van der Waals surface area contributed by atoms with Crippen LogP contribution in [-0.2, 0) is 9.59 Å². The highest BCUT2D eigenvalue weighted by atomic mass is 16.5. The highest BCUT2D eigenvalue weighted by molar-refractivity contribution is 6.04. The normalized spacial score (nSPS) is 20.9. The largest absolute Gasteiger partial charge is 0.495 e. The van der Waals surface area contributed by atoms with Crippen molar-refractivity contribution in [1.82, 2.24) is 9.97 Å². The van der Waals surface area contributed by atoms with Gasteiger partial charge in [0.2, 0.25) is 17.8 Å². The van der Waals surface area contributed by atoms with Crippen molar-refractivity contribution in [2.24, 2.45) is 0 Å². The number of carbonyl (C=O) groups is 2. The van der Waals surface area contributed by atoms with Crippen LogP contribution in [0.15, 0.2) is 29.1 Å². The molecule has 9 nitrogen and oxygen atoms in total. The third-order valence-electron chi connectivity index (χ3n) is 5.69. The maximum atomic E-state index is 13.0. The lowest BCUT2D eigenvalue weighted by atomic mass is 9.92. The summed E-state index contributed by atoms with van der Waals surface area (Å²) in [5.74, 6) is -0.670. The third kappa shape index (κ3) is 3.74. The lowest BCUT2D eigenvalue weighted by Crippen LogP contribution is -2.42. The highest BCUT2D eigenvalue weighted by Crippen LogP contribution is 2.32. The number of rotatable bonds is 4. The van der Waals surface area contributed by atoms with Crippen LogP contribution in [0.2, 0.25) is 0 Å². The van der Waals surface area contributed by atoms with E-state index in [-0.39, 0.29) is 29.8 Å². The minimum Gasteiger partial charge on any atom is -0.495 e. The number of carbonyl (C=O) groups excluding carboxylic acids is 2. The maximum Gasteiger partial charge on any atom is 0.258 e. The van der Waals surface area contributed by atoms with Crippen molar-refractivity contribution in [3.63, 3.8) is 0 Å². The number of anilines is 3. The van der Waals surface area contributed by atoms with Gasteiger partial charge in [-0.3, -0.25) is 19.4 Å². The lowest BCUT2D eigenvalue weighted by Gasteiger charge is -2.34. The number of benzene rings is 1. The average Bonchev–Trinajstić information content (AvgIpc) is 2.73. The number of H-pyrrole nitrogens is 1. The number of hydrogen-bond acceptors (Lipinski definition) is 6. The number of aromatic amines is 1. The van der Waals surface area contributed by atoms with Gasteiger partial charge in [0.15, 0.2) is 0 Å². The van der Waals surface area contributed by atoms with E-state index in [0.717, 1.165) is 25.8 Å². The van der Waals surface area contributed by atoms with Gasteiger partial charge in [0, 0.05) is 19.0 Å². The van der Waals surface area contributed by atoms with Crippen molar-refractivity contribution in [3.8, 4) is 5.75 Å². The molecule has 2 aromatic rings. The van der Waals surface area contributed by atoms with Crippen LogP contribution in [0.5, 0.6) is 5.75 Å². The molecule has 0 radical (unpaired) electrons. The lowest BCUT2D eigenvalue weighted by molar-refractivity contribution is -0.123. The predicted octanol–water partition coefficient (Wildman–Crippen LogP) is 2.22. The first kappa shape index (κ1) is 19.9. The van der Waals surface area contributed by atoms with E-state index in [4.69, 9.17) is 4.74 Å². The number of piperidine rings is 1. The second-order valence-electron chi connectivity index (χ2n) is 7.68. The molecule has 1 fully saturated rings. The van der Waals surface area contributed by atoms with Crippen LogP contribution in [0, 0.1) is 0 Å². The van der Waals surface area contributed by atoms with Crippen LogP contribution in [-0.4, -0.2) is 41.5 Å². The molecule has 1 aromatic heterocycles. The van der Waals surface area contributed by atoms with Crippen molar-refractivity contribution in [2.45, 2.75) is 44.6 Å². The van der Waals surface area contributed by atoms with E-state index in [1.165, 1.54) is 7.11 Å². The van der Waals surface area contributed by atoms with E-state index in [2.05, 4.69) is 27.5 Å². The van der Waals surface area contributed by atoms with E-state index in [0.29, 0.717) is 17.4 Å². The molecular formula is C21H25N5O4. The van der Waals surface area contributed by atoms with Crippen molar-refractivity contribution >= 4 is 29.3 Å². The second kappa shape index (κ2) is 8.17. The van der Waals surface area contributed by atoms with Crippen LogP contribution in [0.25, 0.3) is 0 Å². The Bertz CT molecular complexity index is 1030. The Morgan fingerprint density at radius 1 is 1.27 bits per heavy atom. The zero-order chi connectivity index (χ0) is 21.3. The number of para-hydroxylation sites is 2. The van der Waals surface area contributed by atoms with E-state index in [9.17, 15) is 14.4 Å². The Kier molecular flexibility index (Phi) is 5.43. The molecule has 3 heterocycles. The zero-order valence-corrected chi connectivity index (χ0v) is 17.0. The first-order valence-electron chi connectivity index (χ1n) is 10.1. The van der Waals surface area contributed by atoms with Crippen molar-refractivity contribution < 1.29 is 14.3 Å². The topological polar surface area (TPSA) is 116 Å². The molecule has 0 unspecified atom stereocenters. The molecule has 0 aliphatic carbocycles. The van der Waals surface area contributed by atoms with Crippen LogP contribution in [0.1, 0.15) is 44.1 Å². The van der Waals surface area contributed by atoms with E-state index < -0.39 is 17.4 Å². The number of nitrogens with one attached hydrogen (secondary N) is 3. The minimum atomic E-state index is -0.942. The van der Waals surface area contributed by atoms with Gasteiger partial charge < -0.3 is 20.3 Å². The summed E-state index contributed by atoms with van der Waals surface area (Å²) in [7, 11) is 1.51. The van der Waals surface area contributed by atoms with Crippen LogP contribution in [0.4, 0.5) is 17.5 Å². The molecule has 0 bridgehead atoms. The number of hydrogen-bond donors (Lipinski definition) is 3. The molecule has 1 saturated heterocycles. The van der Waals surface area contributed by atoms with Crippen LogP contribution in [0.3, 0.4) is 0 Å². The number of fused-ring (bicyclic) bond motifs is 1. The second-order valence-corrected chi connectivity index (χ2v) is 7.68. The summed E-state index contributed by atoms with van der Waals surface area (Å²) >= 11 is 0. The molecule has 4 rings (SSSR count). The number of methoxy groups -OCH3 is 1. The SMILES string of the molecule is COc1ccccc1NC(=O)[C@H]1CC(=O)Nc2nc(N3CCCC[C@@H]3C)[nH]c(=O)c21. The van der Waals surface area contributed by atoms with Crippen molar-refractivity contribution in [3.05, 3.63) is 40.2 Å². The Morgan fingerprint density at radius 3 is 2.83 bits per heavy atom. The fraction of sp³-hybridized carbons (Fsp3) is 0.429. The number of nitrogens with zero attached hydrogens (tertiary/aromatic N) is 2. The maximum absolute atomic E-state index is 13.0. The third-order valence-corrected chi connectivity index (χ3v) is 5.69. The molecule has 9 heteroatoms. The fourth-order valence-corrected chi connectivity index (χ4v) is 4.10. The minimum absolute atomic E-state index is 0.127. The van der Waals surface area contributed by atoms with Crippen molar-refractivity contribution in [1.29, 1.82) is 0 Å². The smallest absolute Gasteiger partial charge is 0.258 e. The summed E-state index contributed by atoms with van der Waals surface area (Å²) < 4.78 is 5.26. The van der Waals surface area contributed by atoms with Gasteiger partial charge in [-0.05, 0) is 38.3 Å². The number of amides is 2. The molecule has 2 aliphatic heterocycles. The van der Waals surface area contributed by atoms with Crippen LogP contribution >= 0.6 is 0 Å². The molecule has 0 saturated carbocycles. The van der Waals surface area contributed by atoms with Gasteiger partial charge in [-0.15, -0.1) is 0 Å². The predicted molar refractivity (Wildman–Crippen MR) is 113 cm³/mol. The van der Waals surface area contributed by atoms with Gasteiger partial charge in [-0.1, -0.05) is 12.1 Å². The summed E-state index contributed by atoms with van der Waals surface area (Å²) in [6.45, 7) is 2.87. The van der Waals surface area contributed by atoms with Gasteiger partial charge in [-0.2, -0.15) is 4.98 Å².